The molecule has 4 nitrogen and oxygen atoms in total. The smallest absolute Gasteiger partial charge is 0.255 e. The Bertz CT molecular complexity index is 635. The van der Waals surface area contributed by atoms with Crippen LogP contribution in [-0.4, -0.2) is 27.1 Å². The molecular formula is C14H16ClN3OS. The third kappa shape index (κ3) is 2.15. The molecule has 0 bridgehead atoms. The number of hydrogen-bond donors (Lipinski definition) is 0. The van der Waals surface area contributed by atoms with Crippen molar-refractivity contribution in [3.05, 3.63) is 38.8 Å². The number of aryl methyl sites for hydroxylation is 2. The second-order valence-corrected chi connectivity index (χ2v) is 6.22. The number of amides is 1. The summed E-state index contributed by atoms with van der Waals surface area (Å²) < 4.78 is 1.68. The molecule has 1 aliphatic heterocycles. The van der Waals surface area contributed by atoms with Crippen LogP contribution in [0.5, 0.6) is 0 Å². The van der Waals surface area contributed by atoms with Gasteiger partial charge in [0.05, 0.1) is 17.3 Å². The molecule has 2 aromatic rings. The minimum Gasteiger partial charge on any atom is -0.331 e. The van der Waals surface area contributed by atoms with Gasteiger partial charge in [0.25, 0.3) is 5.91 Å². The lowest BCUT2D eigenvalue weighted by Crippen LogP contribution is -2.30. The van der Waals surface area contributed by atoms with E-state index in [-0.39, 0.29) is 11.9 Å². The summed E-state index contributed by atoms with van der Waals surface area (Å²) in [6, 6.07) is 1.92. The molecule has 1 amide bonds. The topological polar surface area (TPSA) is 38.1 Å². The molecule has 0 aromatic carbocycles. The van der Waals surface area contributed by atoms with Crippen LogP contribution in [0.25, 0.3) is 0 Å². The number of hydrogen-bond acceptors (Lipinski definition) is 3. The van der Waals surface area contributed by atoms with Crippen LogP contribution in [0.3, 0.4) is 0 Å². The molecule has 20 heavy (non-hydrogen) atoms. The van der Waals surface area contributed by atoms with Gasteiger partial charge in [-0.3, -0.25) is 9.48 Å². The number of carbonyl (C=O) groups is 1. The van der Waals surface area contributed by atoms with Crippen molar-refractivity contribution in [3.63, 3.8) is 0 Å². The molecule has 6 heteroatoms. The molecule has 1 fully saturated rings. The van der Waals surface area contributed by atoms with Gasteiger partial charge in [-0.25, -0.2) is 0 Å². The van der Waals surface area contributed by atoms with Gasteiger partial charge in [-0.05, 0) is 31.2 Å². The van der Waals surface area contributed by atoms with E-state index in [1.54, 1.807) is 16.0 Å². The van der Waals surface area contributed by atoms with E-state index in [9.17, 15) is 4.79 Å². The third-order valence-electron chi connectivity index (χ3n) is 3.81. The van der Waals surface area contributed by atoms with E-state index in [2.05, 4.69) is 5.10 Å². The minimum absolute atomic E-state index is 0.0450. The van der Waals surface area contributed by atoms with Crippen LogP contribution >= 0.6 is 22.9 Å². The van der Waals surface area contributed by atoms with Crippen molar-refractivity contribution in [1.29, 1.82) is 0 Å². The van der Waals surface area contributed by atoms with Crippen LogP contribution in [0.4, 0.5) is 0 Å². The van der Waals surface area contributed by atoms with Gasteiger partial charge in [-0.2, -0.15) is 16.4 Å². The number of thiophene rings is 1. The summed E-state index contributed by atoms with van der Waals surface area (Å²) in [6.45, 7) is 2.73. The molecule has 3 heterocycles. The number of aromatic nitrogens is 2. The summed E-state index contributed by atoms with van der Waals surface area (Å²) in [5.74, 6) is 0.0908. The van der Waals surface area contributed by atoms with Gasteiger partial charge in [-0.15, -0.1) is 0 Å². The van der Waals surface area contributed by atoms with Crippen LogP contribution in [0, 0.1) is 6.92 Å². The first-order valence-electron chi connectivity index (χ1n) is 6.61. The van der Waals surface area contributed by atoms with Gasteiger partial charge in [0, 0.05) is 24.5 Å². The summed E-state index contributed by atoms with van der Waals surface area (Å²) >= 11 is 7.90. The molecule has 0 radical (unpaired) electrons. The van der Waals surface area contributed by atoms with E-state index in [4.69, 9.17) is 11.6 Å². The first kappa shape index (κ1) is 13.6. The quantitative estimate of drug-likeness (QED) is 0.852. The lowest BCUT2D eigenvalue weighted by atomic mass is 10.1. The fraction of sp³-hybridized carbons (Fsp3) is 0.429. The highest BCUT2D eigenvalue weighted by molar-refractivity contribution is 7.08. The predicted octanol–water partition coefficient (Wildman–Crippen LogP) is 3.42. The fourth-order valence-electron chi connectivity index (χ4n) is 2.89. The Kier molecular flexibility index (Phi) is 3.56. The van der Waals surface area contributed by atoms with Crippen LogP contribution in [0.1, 0.15) is 40.5 Å². The van der Waals surface area contributed by atoms with Crippen molar-refractivity contribution in [2.75, 3.05) is 6.54 Å². The lowest BCUT2D eigenvalue weighted by molar-refractivity contribution is 0.0736. The SMILES string of the molecule is Cc1nn(C)c(Cl)c1[C@H]1CCCN1C(=O)c1ccsc1. The highest BCUT2D eigenvalue weighted by Gasteiger charge is 2.34. The normalized spacial score (nSPS) is 18.8. The van der Waals surface area contributed by atoms with Crippen LogP contribution in [0.15, 0.2) is 16.8 Å². The average molecular weight is 310 g/mol. The summed E-state index contributed by atoms with van der Waals surface area (Å²) in [6.07, 6.45) is 1.95. The third-order valence-corrected chi connectivity index (χ3v) is 4.94. The Morgan fingerprint density at radius 3 is 2.95 bits per heavy atom. The van der Waals surface area contributed by atoms with E-state index in [1.807, 2.05) is 35.7 Å². The summed E-state index contributed by atoms with van der Waals surface area (Å²) in [4.78, 5) is 14.5. The van der Waals surface area contributed by atoms with Crippen molar-refractivity contribution in [2.24, 2.45) is 7.05 Å². The molecule has 1 saturated heterocycles. The van der Waals surface area contributed by atoms with E-state index < -0.39 is 0 Å². The van der Waals surface area contributed by atoms with Crippen molar-refractivity contribution >= 4 is 28.8 Å². The fourth-order valence-corrected chi connectivity index (χ4v) is 3.82. The maximum atomic E-state index is 12.6. The van der Waals surface area contributed by atoms with Crippen molar-refractivity contribution in [2.45, 2.75) is 25.8 Å². The maximum absolute atomic E-state index is 12.6. The van der Waals surface area contributed by atoms with E-state index in [0.717, 1.165) is 36.2 Å². The molecule has 1 atom stereocenters. The van der Waals surface area contributed by atoms with Gasteiger partial charge in [0.15, 0.2) is 0 Å². The van der Waals surface area contributed by atoms with Crippen LogP contribution < -0.4 is 0 Å². The molecule has 0 saturated carbocycles. The molecule has 3 rings (SSSR count). The molecule has 0 N–H and O–H groups in total. The zero-order valence-corrected chi connectivity index (χ0v) is 13.0. The average Bonchev–Trinajstić information content (AvgIpc) is 3.12. The van der Waals surface area contributed by atoms with Gasteiger partial charge in [0.2, 0.25) is 0 Å². The van der Waals surface area contributed by atoms with Gasteiger partial charge in [0.1, 0.15) is 5.15 Å². The van der Waals surface area contributed by atoms with E-state index >= 15 is 0 Å². The number of nitrogens with zero attached hydrogens (tertiary/aromatic N) is 3. The molecule has 0 aliphatic carbocycles. The molecule has 1 aliphatic rings. The lowest BCUT2D eigenvalue weighted by Gasteiger charge is -2.24. The molecule has 0 spiro atoms. The number of likely N-dealkylation sites (tertiary alicyclic amines) is 1. The second-order valence-electron chi connectivity index (χ2n) is 5.08. The standard InChI is InChI=1S/C14H16ClN3OS/c1-9-12(13(15)17(2)16-9)11-4-3-6-18(11)14(19)10-5-7-20-8-10/h5,7-8,11H,3-4,6H2,1-2H3/t11-/m1/s1. The van der Waals surface area contributed by atoms with Crippen molar-refractivity contribution in [3.8, 4) is 0 Å². The van der Waals surface area contributed by atoms with Crippen LogP contribution in [0.2, 0.25) is 5.15 Å². The zero-order valence-electron chi connectivity index (χ0n) is 11.5. The van der Waals surface area contributed by atoms with E-state index in [0.29, 0.717) is 5.15 Å². The zero-order chi connectivity index (χ0) is 14.3. The highest BCUT2D eigenvalue weighted by atomic mass is 35.5. The van der Waals surface area contributed by atoms with Gasteiger partial charge in [-0.1, -0.05) is 11.6 Å². The van der Waals surface area contributed by atoms with Crippen molar-refractivity contribution in [1.82, 2.24) is 14.7 Å². The summed E-state index contributed by atoms with van der Waals surface area (Å²) in [5, 5.41) is 8.83. The number of rotatable bonds is 2. The summed E-state index contributed by atoms with van der Waals surface area (Å²) in [5.41, 5.74) is 2.67. The number of carbonyl (C=O) groups excluding carboxylic acids is 1. The molecule has 106 valence electrons. The Morgan fingerprint density at radius 2 is 2.35 bits per heavy atom. The Balaban J connectivity index is 1.95. The largest absolute Gasteiger partial charge is 0.331 e. The Labute approximate surface area is 127 Å². The predicted molar refractivity (Wildman–Crippen MR) is 80.3 cm³/mol. The maximum Gasteiger partial charge on any atom is 0.255 e. The van der Waals surface area contributed by atoms with Gasteiger partial charge >= 0.3 is 0 Å². The number of halogens is 1. The molecule has 0 unspecified atom stereocenters. The van der Waals surface area contributed by atoms with Crippen LogP contribution in [-0.2, 0) is 7.05 Å². The van der Waals surface area contributed by atoms with Gasteiger partial charge < -0.3 is 4.90 Å². The van der Waals surface area contributed by atoms with Crippen molar-refractivity contribution < 1.29 is 4.79 Å². The first-order valence-corrected chi connectivity index (χ1v) is 7.94. The monoisotopic (exact) mass is 309 g/mol. The molecular weight excluding hydrogens is 294 g/mol. The highest BCUT2D eigenvalue weighted by Crippen LogP contribution is 2.38. The second kappa shape index (κ2) is 5.22. The Hall–Kier alpha value is -1.33. The summed E-state index contributed by atoms with van der Waals surface area (Å²) in [7, 11) is 1.83. The molecule has 2 aromatic heterocycles. The van der Waals surface area contributed by atoms with E-state index in [1.165, 1.54) is 0 Å². The Morgan fingerprint density at radius 1 is 1.55 bits per heavy atom. The first-order chi connectivity index (χ1) is 9.59. The minimum atomic E-state index is 0.0450.